The van der Waals surface area contributed by atoms with Gasteiger partial charge in [0, 0.05) is 42.6 Å². The molecule has 1 N–H and O–H groups in total. The lowest BCUT2D eigenvalue weighted by molar-refractivity contribution is -0.125. The van der Waals surface area contributed by atoms with Gasteiger partial charge in [-0.3, -0.25) is 9.59 Å². The molecule has 4 rings (SSSR count). The Labute approximate surface area is 157 Å². The molecule has 2 heterocycles. The van der Waals surface area contributed by atoms with Gasteiger partial charge in [0.15, 0.2) is 0 Å². The molecule has 1 fully saturated rings. The van der Waals surface area contributed by atoms with E-state index in [1.807, 2.05) is 36.4 Å². The maximum absolute atomic E-state index is 12.5. The quantitative estimate of drug-likeness (QED) is 0.700. The number of pyridine rings is 1. The topological polar surface area (TPSA) is 66.3 Å². The normalized spacial score (nSPS) is 18.9. The number of likely N-dealkylation sites (N-methyl/N-ethyl adjacent to an activating group) is 1. The van der Waals surface area contributed by atoms with Gasteiger partial charge in [-0.05, 0) is 42.2 Å². The lowest BCUT2D eigenvalue weighted by atomic mass is 10.1. The number of carbonyl (C=O) groups excluding carboxylic acids is 1. The number of carbonyl (C=O) groups is 1. The zero-order valence-electron chi connectivity index (χ0n) is 15.4. The third-order valence-corrected chi connectivity index (χ3v) is 5.13. The fourth-order valence-electron chi connectivity index (χ4n) is 3.40. The standard InChI is InChI=1S/C22H22N2O3/c1-14-11-18(14)20-9-7-16(27-20)8-10-22(26)24(2)13-15-12-21(25)23-19-6-4-3-5-17(15)19/h3-10,12,14,18H,11,13H2,1-2H3,(H,23,25). The van der Waals surface area contributed by atoms with Crippen LogP contribution in [0.4, 0.5) is 0 Å². The summed E-state index contributed by atoms with van der Waals surface area (Å²) in [6.07, 6.45) is 4.38. The predicted molar refractivity (Wildman–Crippen MR) is 105 cm³/mol. The van der Waals surface area contributed by atoms with Crippen molar-refractivity contribution in [1.82, 2.24) is 9.88 Å². The molecule has 0 radical (unpaired) electrons. The molecule has 5 heteroatoms. The molecule has 1 amide bonds. The summed E-state index contributed by atoms with van der Waals surface area (Å²) in [6, 6.07) is 13.0. The second-order valence-electron chi connectivity index (χ2n) is 7.29. The third-order valence-electron chi connectivity index (χ3n) is 5.13. The third kappa shape index (κ3) is 3.72. The van der Waals surface area contributed by atoms with Crippen LogP contribution in [0.1, 0.15) is 36.3 Å². The SMILES string of the molecule is CC1CC1c1ccc(C=CC(=O)N(C)Cc2cc(=O)[nH]c3ccccc23)o1. The van der Waals surface area contributed by atoms with Crippen molar-refractivity contribution in [2.24, 2.45) is 5.92 Å². The van der Waals surface area contributed by atoms with Crippen molar-refractivity contribution in [3.8, 4) is 0 Å². The first-order valence-corrected chi connectivity index (χ1v) is 9.15. The van der Waals surface area contributed by atoms with Crippen LogP contribution in [0.25, 0.3) is 17.0 Å². The average molecular weight is 362 g/mol. The molecule has 0 saturated heterocycles. The van der Waals surface area contributed by atoms with Gasteiger partial charge in [0.1, 0.15) is 11.5 Å². The van der Waals surface area contributed by atoms with E-state index in [1.165, 1.54) is 12.5 Å². The van der Waals surface area contributed by atoms with Gasteiger partial charge >= 0.3 is 0 Å². The number of furan rings is 1. The van der Waals surface area contributed by atoms with E-state index in [0.29, 0.717) is 24.1 Å². The first-order valence-electron chi connectivity index (χ1n) is 9.15. The highest BCUT2D eigenvalue weighted by Gasteiger charge is 2.36. The van der Waals surface area contributed by atoms with Gasteiger partial charge in [0.05, 0.1) is 0 Å². The molecule has 2 aromatic heterocycles. The van der Waals surface area contributed by atoms with Crippen LogP contribution in [0.2, 0.25) is 0 Å². The molecule has 0 spiro atoms. The minimum absolute atomic E-state index is 0.142. The van der Waals surface area contributed by atoms with E-state index < -0.39 is 0 Å². The van der Waals surface area contributed by atoms with Crippen LogP contribution in [0.15, 0.2) is 57.8 Å². The van der Waals surface area contributed by atoms with Gasteiger partial charge in [0.25, 0.3) is 0 Å². The molecule has 2 unspecified atom stereocenters. The van der Waals surface area contributed by atoms with Crippen LogP contribution in [-0.4, -0.2) is 22.8 Å². The number of fused-ring (bicyclic) bond motifs is 1. The fraction of sp³-hybridized carbons (Fsp3) is 0.273. The van der Waals surface area contributed by atoms with Crippen LogP contribution in [0.3, 0.4) is 0 Å². The lowest BCUT2D eigenvalue weighted by Crippen LogP contribution is -2.25. The van der Waals surface area contributed by atoms with Crippen LogP contribution in [0.5, 0.6) is 0 Å². The van der Waals surface area contributed by atoms with E-state index >= 15 is 0 Å². The smallest absolute Gasteiger partial charge is 0.248 e. The van der Waals surface area contributed by atoms with Gasteiger partial charge in [-0.2, -0.15) is 0 Å². The summed E-state index contributed by atoms with van der Waals surface area (Å²) >= 11 is 0. The molecule has 1 aromatic carbocycles. The van der Waals surface area contributed by atoms with E-state index in [4.69, 9.17) is 4.42 Å². The second-order valence-corrected chi connectivity index (χ2v) is 7.29. The van der Waals surface area contributed by atoms with Crippen molar-refractivity contribution in [1.29, 1.82) is 0 Å². The summed E-state index contributed by atoms with van der Waals surface area (Å²) in [6.45, 7) is 2.57. The van der Waals surface area contributed by atoms with Crippen LogP contribution in [-0.2, 0) is 11.3 Å². The van der Waals surface area contributed by atoms with E-state index in [0.717, 1.165) is 22.2 Å². The summed E-state index contributed by atoms with van der Waals surface area (Å²) in [5.41, 5.74) is 1.42. The first kappa shape index (κ1) is 17.3. The monoisotopic (exact) mass is 362 g/mol. The van der Waals surface area contributed by atoms with E-state index in [-0.39, 0.29) is 11.5 Å². The number of aromatic nitrogens is 1. The zero-order valence-corrected chi connectivity index (χ0v) is 15.4. The Morgan fingerprint density at radius 3 is 2.85 bits per heavy atom. The fourth-order valence-corrected chi connectivity index (χ4v) is 3.40. The number of H-pyrrole nitrogens is 1. The van der Waals surface area contributed by atoms with Crippen molar-refractivity contribution < 1.29 is 9.21 Å². The minimum atomic E-state index is -0.169. The lowest BCUT2D eigenvalue weighted by Gasteiger charge is -2.16. The number of rotatable bonds is 5. The Bertz CT molecular complexity index is 1080. The maximum Gasteiger partial charge on any atom is 0.248 e. The molecular formula is C22H22N2O3. The van der Waals surface area contributed by atoms with Crippen LogP contribution in [0, 0.1) is 5.92 Å². The van der Waals surface area contributed by atoms with Crippen LogP contribution >= 0.6 is 0 Å². The minimum Gasteiger partial charge on any atom is -0.461 e. The second kappa shape index (κ2) is 6.91. The molecule has 1 aliphatic carbocycles. The Balaban J connectivity index is 1.47. The highest BCUT2D eigenvalue weighted by Crippen LogP contribution is 2.47. The van der Waals surface area contributed by atoms with Crippen molar-refractivity contribution in [3.63, 3.8) is 0 Å². The first-order chi connectivity index (χ1) is 13.0. The number of benzene rings is 1. The Morgan fingerprint density at radius 1 is 1.30 bits per heavy atom. The highest BCUT2D eigenvalue weighted by atomic mass is 16.3. The number of hydrogen-bond donors (Lipinski definition) is 1. The van der Waals surface area contributed by atoms with E-state index in [2.05, 4.69) is 11.9 Å². The largest absolute Gasteiger partial charge is 0.461 e. The van der Waals surface area contributed by atoms with Gasteiger partial charge in [0.2, 0.25) is 11.5 Å². The molecule has 1 saturated carbocycles. The number of hydrogen-bond acceptors (Lipinski definition) is 3. The van der Waals surface area contributed by atoms with E-state index in [9.17, 15) is 9.59 Å². The summed E-state index contributed by atoms with van der Waals surface area (Å²) in [5.74, 6) is 2.75. The Morgan fingerprint density at radius 2 is 2.07 bits per heavy atom. The molecule has 1 aliphatic rings. The van der Waals surface area contributed by atoms with Gasteiger partial charge in [-0.15, -0.1) is 0 Å². The molecule has 0 aliphatic heterocycles. The molecule has 138 valence electrons. The van der Waals surface area contributed by atoms with Gasteiger partial charge < -0.3 is 14.3 Å². The summed E-state index contributed by atoms with van der Waals surface area (Å²) in [4.78, 5) is 28.7. The number of nitrogens with zero attached hydrogens (tertiary/aromatic N) is 1. The van der Waals surface area contributed by atoms with Gasteiger partial charge in [-0.25, -0.2) is 0 Å². The number of nitrogens with one attached hydrogen (secondary N) is 1. The molecule has 3 aromatic rings. The molecule has 0 bridgehead atoms. The molecule has 27 heavy (non-hydrogen) atoms. The maximum atomic E-state index is 12.5. The van der Waals surface area contributed by atoms with Crippen molar-refractivity contribution in [2.45, 2.75) is 25.8 Å². The van der Waals surface area contributed by atoms with Crippen molar-refractivity contribution in [3.05, 3.63) is 76.0 Å². The average Bonchev–Trinajstić information content (AvgIpc) is 3.19. The van der Waals surface area contributed by atoms with E-state index in [1.54, 1.807) is 24.1 Å². The number of aromatic amines is 1. The van der Waals surface area contributed by atoms with Crippen LogP contribution < -0.4 is 5.56 Å². The predicted octanol–water partition coefficient (Wildman–Crippen LogP) is 3.92. The number of para-hydroxylation sites is 1. The molecule has 2 atom stereocenters. The Hall–Kier alpha value is -3.08. The molecular weight excluding hydrogens is 340 g/mol. The van der Waals surface area contributed by atoms with Crippen molar-refractivity contribution in [2.75, 3.05) is 7.05 Å². The highest BCUT2D eigenvalue weighted by molar-refractivity contribution is 5.91. The number of amides is 1. The Kier molecular flexibility index (Phi) is 4.44. The zero-order chi connectivity index (χ0) is 19.0. The molecule has 5 nitrogen and oxygen atoms in total. The summed E-state index contributed by atoms with van der Waals surface area (Å²) in [5, 5.41) is 0.940. The van der Waals surface area contributed by atoms with Gasteiger partial charge in [-0.1, -0.05) is 25.1 Å². The summed E-state index contributed by atoms with van der Waals surface area (Å²) < 4.78 is 5.80. The van der Waals surface area contributed by atoms with Crippen molar-refractivity contribution >= 4 is 22.9 Å². The summed E-state index contributed by atoms with van der Waals surface area (Å²) in [7, 11) is 1.72.